The van der Waals surface area contributed by atoms with E-state index in [1.807, 2.05) is 12.1 Å². The molecule has 1 fully saturated rings. The maximum atomic E-state index is 11.4. The van der Waals surface area contributed by atoms with Gasteiger partial charge in [0.1, 0.15) is 11.4 Å². The predicted molar refractivity (Wildman–Crippen MR) is 51.2 cm³/mol. The van der Waals surface area contributed by atoms with Gasteiger partial charge in [0, 0.05) is 13.1 Å². The predicted octanol–water partition coefficient (Wildman–Crippen LogP) is 1.55. The third-order valence-electron chi connectivity index (χ3n) is 2.39. The zero-order valence-electron chi connectivity index (χ0n) is 7.75. The summed E-state index contributed by atoms with van der Waals surface area (Å²) in [6, 6.07) is 3.70. The monoisotopic (exact) mass is 179 g/mol. The number of hydrogen-bond acceptors (Lipinski definition) is 3. The Balaban J connectivity index is 2.34. The highest BCUT2D eigenvalue weighted by molar-refractivity contribution is 5.44. The summed E-state index contributed by atoms with van der Waals surface area (Å²) >= 11 is 0. The lowest BCUT2D eigenvalue weighted by atomic mass is 10.3. The van der Waals surface area contributed by atoms with Gasteiger partial charge >= 0.3 is 5.63 Å². The van der Waals surface area contributed by atoms with Crippen molar-refractivity contribution in [3.63, 3.8) is 0 Å². The van der Waals surface area contributed by atoms with Crippen LogP contribution in [0.1, 0.15) is 18.6 Å². The Morgan fingerprint density at radius 1 is 1.31 bits per heavy atom. The van der Waals surface area contributed by atoms with E-state index in [0.717, 1.165) is 13.1 Å². The molecule has 3 nitrogen and oxygen atoms in total. The normalized spacial score (nSPS) is 16.5. The number of aryl methyl sites for hydroxylation is 1. The number of rotatable bonds is 1. The minimum atomic E-state index is -0.207. The van der Waals surface area contributed by atoms with E-state index in [1.54, 1.807) is 6.92 Å². The lowest BCUT2D eigenvalue weighted by molar-refractivity contribution is 0.479. The van der Waals surface area contributed by atoms with Gasteiger partial charge in [0.25, 0.3) is 0 Å². The van der Waals surface area contributed by atoms with E-state index in [2.05, 4.69) is 4.90 Å². The van der Waals surface area contributed by atoms with Gasteiger partial charge in [-0.3, -0.25) is 0 Å². The highest BCUT2D eigenvalue weighted by Gasteiger charge is 2.15. The van der Waals surface area contributed by atoms with Crippen LogP contribution in [-0.2, 0) is 0 Å². The average Bonchev–Trinajstić information content (AvgIpc) is 2.56. The van der Waals surface area contributed by atoms with Crippen molar-refractivity contribution in [2.24, 2.45) is 0 Å². The van der Waals surface area contributed by atoms with Crippen molar-refractivity contribution >= 4 is 5.69 Å². The minimum Gasteiger partial charge on any atom is -0.427 e. The van der Waals surface area contributed by atoms with Gasteiger partial charge in [-0.2, -0.15) is 0 Å². The van der Waals surface area contributed by atoms with Crippen LogP contribution in [0.5, 0.6) is 0 Å². The first-order valence-corrected chi connectivity index (χ1v) is 4.63. The quantitative estimate of drug-likeness (QED) is 0.655. The van der Waals surface area contributed by atoms with Crippen molar-refractivity contribution in [1.82, 2.24) is 0 Å². The van der Waals surface area contributed by atoms with E-state index in [-0.39, 0.29) is 5.63 Å². The molecule has 13 heavy (non-hydrogen) atoms. The summed E-state index contributed by atoms with van der Waals surface area (Å²) in [4.78, 5) is 13.5. The largest absolute Gasteiger partial charge is 0.427 e. The standard InChI is InChI=1S/C10H13NO2/c1-8-4-5-9(10(12)13-8)11-6-2-3-7-11/h4-5H,2-3,6-7H2,1H3. The molecule has 2 heterocycles. The van der Waals surface area contributed by atoms with E-state index in [9.17, 15) is 4.79 Å². The summed E-state index contributed by atoms with van der Waals surface area (Å²) in [7, 11) is 0. The van der Waals surface area contributed by atoms with Crippen molar-refractivity contribution in [1.29, 1.82) is 0 Å². The zero-order chi connectivity index (χ0) is 9.26. The van der Waals surface area contributed by atoms with Crippen molar-refractivity contribution in [3.05, 3.63) is 28.3 Å². The third kappa shape index (κ3) is 1.59. The van der Waals surface area contributed by atoms with E-state index < -0.39 is 0 Å². The van der Waals surface area contributed by atoms with E-state index in [1.165, 1.54) is 12.8 Å². The number of hydrogen-bond donors (Lipinski definition) is 0. The van der Waals surface area contributed by atoms with Crippen LogP contribution in [0, 0.1) is 6.92 Å². The van der Waals surface area contributed by atoms with E-state index in [0.29, 0.717) is 11.4 Å². The Kier molecular flexibility index (Phi) is 2.08. The molecule has 1 aliphatic rings. The van der Waals surface area contributed by atoms with Crippen molar-refractivity contribution < 1.29 is 4.42 Å². The molecule has 70 valence electrons. The molecule has 0 unspecified atom stereocenters. The molecule has 0 bridgehead atoms. The van der Waals surface area contributed by atoms with E-state index >= 15 is 0 Å². The van der Waals surface area contributed by atoms with Crippen LogP contribution >= 0.6 is 0 Å². The topological polar surface area (TPSA) is 33.5 Å². The van der Waals surface area contributed by atoms with Crippen molar-refractivity contribution in [2.45, 2.75) is 19.8 Å². The lowest BCUT2D eigenvalue weighted by Crippen LogP contribution is -2.23. The first-order valence-electron chi connectivity index (χ1n) is 4.63. The minimum absolute atomic E-state index is 0.207. The summed E-state index contributed by atoms with van der Waals surface area (Å²) in [6.07, 6.45) is 2.35. The summed E-state index contributed by atoms with van der Waals surface area (Å²) < 4.78 is 5.02. The second kappa shape index (κ2) is 3.24. The molecule has 0 amide bonds. The van der Waals surface area contributed by atoms with Gasteiger partial charge in [0.2, 0.25) is 0 Å². The van der Waals surface area contributed by atoms with Crippen molar-refractivity contribution in [3.8, 4) is 0 Å². The molecule has 1 aromatic rings. The van der Waals surface area contributed by atoms with Gasteiger partial charge in [0.05, 0.1) is 0 Å². The van der Waals surface area contributed by atoms with Crippen LogP contribution in [0.25, 0.3) is 0 Å². The fourth-order valence-corrected chi connectivity index (χ4v) is 1.69. The first-order chi connectivity index (χ1) is 6.27. The van der Waals surface area contributed by atoms with Crippen LogP contribution in [0.2, 0.25) is 0 Å². The molecule has 1 aliphatic heterocycles. The Morgan fingerprint density at radius 3 is 2.62 bits per heavy atom. The first kappa shape index (κ1) is 8.35. The third-order valence-corrected chi connectivity index (χ3v) is 2.39. The Morgan fingerprint density at radius 2 is 2.00 bits per heavy atom. The average molecular weight is 179 g/mol. The molecule has 0 spiro atoms. The lowest BCUT2D eigenvalue weighted by Gasteiger charge is -2.15. The fraction of sp³-hybridized carbons (Fsp3) is 0.500. The van der Waals surface area contributed by atoms with Crippen LogP contribution in [0.15, 0.2) is 21.3 Å². The Hall–Kier alpha value is -1.25. The summed E-state index contributed by atoms with van der Waals surface area (Å²) in [5.41, 5.74) is 0.505. The van der Waals surface area contributed by atoms with Gasteiger partial charge in [-0.05, 0) is 31.9 Å². The Labute approximate surface area is 77.0 Å². The van der Waals surface area contributed by atoms with Gasteiger partial charge in [-0.15, -0.1) is 0 Å². The van der Waals surface area contributed by atoms with Crippen LogP contribution in [0.4, 0.5) is 5.69 Å². The highest BCUT2D eigenvalue weighted by Crippen LogP contribution is 2.15. The van der Waals surface area contributed by atoms with Crippen LogP contribution in [0.3, 0.4) is 0 Å². The van der Waals surface area contributed by atoms with Gasteiger partial charge < -0.3 is 9.32 Å². The zero-order valence-corrected chi connectivity index (χ0v) is 7.75. The maximum Gasteiger partial charge on any atom is 0.359 e. The molecule has 0 aromatic carbocycles. The van der Waals surface area contributed by atoms with E-state index in [4.69, 9.17) is 4.42 Å². The molecule has 1 aromatic heterocycles. The van der Waals surface area contributed by atoms with Gasteiger partial charge in [0.15, 0.2) is 0 Å². The fourth-order valence-electron chi connectivity index (χ4n) is 1.69. The van der Waals surface area contributed by atoms with Gasteiger partial charge in [-0.1, -0.05) is 0 Å². The Bertz CT molecular complexity index is 350. The molecule has 0 radical (unpaired) electrons. The summed E-state index contributed by atoms with van der Waals surface area (Å²) in [5.74, 6) is 0.674. The molecule has 0 atom stereocenters. The molecular formula is C10H13NO2. The highest BCUT2D eigenvalue weighted by atomic mass is 16.4. The summed E-state index contributed by atoms with van der Waals surface area (Å²) in [6.45, 7) is 3.75. The second-order valence-electron chi connectivity index (χ2n) is 3.41. The molecule has 1 saturated heterocycles. The molecule has 0 saturated carbocycles. The van der Waals surface area contributed by atoms with Crippen molar-refractivity contribution in [2.75, 3.05) is 18.0 Å². The molecule has 0 N–H and O–H groups in total. The smallest absolute Gasteiger partial charge is 0.359 e. The molecule has 0 aliphatic carbocycles. The summed E-state index contributed by atoms with van der Waals surface area (Å²) in [5, 5.41) is 0. The van der Waals surface area contributed by atoms with Gasteiger partial charge in [-0.25, -0.2) is 4.79 Å². The molecule has 2 rings (SSSR count). The molecule has 3 heteroatoms. The SMILES string of the molecule is Cc1ccc(N2CCCC2)c(=O)o1. The maximum absolute atomic E-state index is 11.4. The van der Waals surface area contributed by atoms with Crippen LogP contribution < -0.4 is 10.5 Å². The number of nitrogens with zero attached hydrogens (tertiary/aromatic N) is 1. The second-order valence-corrected chi connectivity index (χ2v) is 3.41. The molecular weight excluding hydrogens is 166 g/mol. The number of anilines is 1. The van der Waals surface area contributed by atoms with Crippen LogP contribution in [-0.4, -0.2) is 13.1 Å².